The van der Waals surface area contributed by atoms with E-state index in [-0.39, 0.29) is 18.7 Å². The molecule has 0 aromatic heterocycles. The maximum absolute atomic E-state index is 12.3. The van der Waals surface area contributed by atoms with Crippen LogP contribution in [0.25, 0.3) is 0 Å². The van der Waals surface area contributed by atoms with Gasteiger partial charge in [-0.25, -0.2) is 9.59 Å². The Morgan fingerprint density at radius 2 is 1.88 bits per heavy atom. The molecule has 0 aliphatic carbocycles. The van der Waals surface area contributed by atoms with Crippen LogP contribution in [-0.2, 0) is 16.1 Å². The molecular formula is C19H26N2O4. The highest BCUT2D eigenvalue weighted by molar-refractivity contribution is 5.71. The highest BCUT2D eigenvalue weighted by Crippen LogP contribution is 2.17. The number of ether oxygens (including phenoxy) is 2. The second-order valence-electron chi connectivity index (χ2n) is 6.96. The van der Waals surface area contributed by atoms with Crippen molar-refractivity contribution in [3.63, 3.8) is 0 Å². The summed E-state index contributed by atoms with van der Waals surface area (Å²) in [6.07, 6.45) is 0.870. The molecule has 2 amide bonds. The van der Waals surface area contributed by atoms with Crippen molar-refractivity contribution >= 4 is 12.2 Å². The van der Waals surface area contributed by atoms with Gasteiger partial charge in [0, 0.05) is 19.6 Å². The average Bonchev–Trinajstić information content (AvgIpc) is 2.58. The molecule has 6 nitrogen and oxygen atoms in total. The van der Waals surface area contributed by atoms with Crippen molar-refractivity contribution in [1.29, 1.82) is 0 Å². The van der Waals surface area contributed by atoms with E-state index in [1.165, 1.54) is 0 Å². The molecule has 1 aromatic rings. The molecule has 1 heterocycles. The predicted molar refractivity (Wildman–Crippen MR) is 95.1 cm³/mol. The Morgan fingerprint density at radius 1 is 1.20 bits per heavy atom. The lowest BCUT2D eigenvalue weighted by molar-refractivity contribution is 0.00356. The fraction of sp³-hybridized carbons (Fsp3) is 0.474. The van der Waals surface area contributed by atoms with E-state index in [2.05, 4.69) is 6.58 Å². The highest BCUT2D eigenvalue weighted by atomic mass is 16.6. The van der Waals surface area contributed by atoms with Gasteiger partial charge in [-0.3, -0.25) is 4.90 Å². The number of carbonyl (C=O) groups is 2. The molecule has 25 heavy (non-hydrogen) atoms. The summed E-state index contributed by atoms with van der Waals surface area (Å²) in [5.74, 6) is 0. The maximum atomic E-state index is 12.3. The molecule has 0 bridgehead atoms. The molecule has 6 heteroatoms. The van der Waals surface area contributed by atoms with Crippen LogP contribution in [0.1, 0.15) is 26.3 Å². The van der Waals surface area contributed by atoms with Crippen LogP contribution in [0.5, 0.6) is 0 Å². The van der Waals surface area contributed by atoms with E-state index in [0.717, 1.165) is 5.56 Å². The van der Waals surface area contributed by atoms with Crippen molar-refractivity contribution in [2.75, 3.05) is 19.6 Å². The first kappa shape index (κ1) is 18.8. The van der Waals surface area contributed by atoms with E-state index in [9.17, 15) is 9.59 Å². The average molecular weight is 346 g/mol. The Balaban J connectivity index is 1.90. The number of hydrogen-bond acceptors (Lipinski definition) is 4. The number of nitrogens with zero attached hydrogens (tertiary/aromatic N) is 2. The number of benzene rings is 1. The van der Waals surface area contributed by atoms with Gasteiger partial charge in [0.25, 0.3) is 0 Å². The first-order valence-electron chi connectivity index (χ1n) is 8.38. The zero-order valence-corrected chi connectivity index (χ0v) is 15.1. The number of hydrogen-bond donors (Lipinski definition) is 0. The van der Waals surface area contributed by atoms with Crippen molar-refractivity contribution in [2.24, 2.45) is 0 Å². The topological polar surface area (TPSA) is 59.1 Å². The van der Waals surface area contributed by atoms with Gasteiger partial charge in [-0.15, -0.1) is 6.58 Å². The van der Waals surface area contributed by atoms with Gasteiger partial charge >= 0.3 is 12.2 Å². The minimum atomic E-state index is -0.561. The Morgan fingerprint density at radius 3 is 2.48 bits per heavy atom. The normalized spacial score (nSPS) is 17.8. The van der Waals surface area contributed by atoms with Crippen LogP contribution in [-0.4, -0.2) is 53.3 Å². The van der Waals surface area contributed by atoms with Gasteiger partial charge in [-0.05, 0) is 26.3 Å². The van der Waals surface area contributed by atoms with Gasteiger partial charge in [-0.2, -0.15) is 0 Å². The molecule has 2 rings (SSSR count). The molecule has 1 fully saturated rings. The summed E-state index contributed by atoms with van der Waals surface area (Å²) in [7, 11) is 0. The summed E-state index contributed by atoms with van der Waals surface area (Å²) in [5.41, 5.74) is 0.373. The van der Waals surface area contributed by atoms with Gasteiger partial charge < -0.3 is 14.4 Å². The summed E-state index contributed by atoms with van der Waals surface area (Å²) in [5, 5.41) is 0. The second kappa shape index (κ2) is 8.05. The monoisotopic (exact) mass is 346 g/mol. The van der Waals surface area contributed by atoms with Crippen LogP contribution in [0.2, 0.25) is 0 Å². The number of piperazine rings is 1. The van der Waals surface area contributed by atoms with Gasteiger partial charge in [0.1, 0.15) is 12.2 Å². The van der Waals surface area contributed by atoms with Gasteiger partial charge in [0.2, 0.25) is 0 Å². The third kappa shape index (κ3) is 5.52. The lowest BCUT2D eigenvalue weighted by atomic mass is 10.1. The van der Waals surface area contributed by atoms with Crippen molar-refractivity contribution < 1.29 is 19.1 Å². The SMILES string of the molecule is C=C[C@@H]1CN(C(=O)OCc2ccccc2)CCN1C(=O)OC(C)(C)C. The maximum Gasteiger partial charge on any atom is 0.410 e. The summed E-state index contributed by atoms with van der Waals surface area (Å²) < 4.78 is 10.8. The number of amides is 2. The van der Waals surface area contributed by atoms with E-state index in [1.807, 2.05) is 51.1 Å². The molecule has 136 valence electrons. The molecule has 1 aromatic carbocycles. The fourth-order valence-electron chi connectivity index (χ4n) is 2.54. The third-order valence-electron chi connectivity index (χ3n) is 3.78. The third-order valence-corrected chi connectivity index (χ3v) is 3.78. The lowest BCUT2D eigenvalue weighted by Crippen LogP contribution is -2.56. The second-order valence-corrected chi connectivity index (χ2v) is 6.96. The molecule has 0 unspecified atom stereocenters. The molecule has 1 atom stereocenters. The Bertz CT molecular complexity index is 610. The first-order chi connectivity index (χ1) is 11.8. The van der Waals surface area contributed by atoms with Crippen molar-refractivity contribution in [1.82, 2.24) is 9.80 Å². The van der Waals surface area contributed by atoms with E-state index in [0.29, 0.717) is 19.6 Å². The standard InChI is InChI=1S/C19H26N2O4/c1-5-16-13-20(11-12-21(16)18(23)25-19(2,3)4)17(22)24-14-15-9-7-6-8-10-15/h5-10,16H,1,11-14H2,2-4H3/t16-/m1/s1. The number of rotatable bonds is 3. The summed E-state index contributed by atoms with van der Waals surface area (Å²) in [6.45, 7) is 10.6. The van der Waals surface area contributed by atoms with Crippen molar-refractivity contribution in [3.8, 4) is 0 Å². The lowest BCUT2D eigenvalue weighted by Gasteiger charge is -2.39. The minimum absolute atomic E-state index is 0.227. The molecule has 1 aliphatic heterocycles. The molecule has 1 saturated heterocycles. The fourth-order valence-corrected chi connectivity index (χ4v) is 2.54. The van der Waals surface area contributed by atoms with Crippen molar-refractivity contribution in [2.45, 2.75) is 39.0 Å². The van der Waals surface area contributed by atoms with Crippen LogP contribution < -0.4 is 0 Å². The van der Waals surface area contributed by atoms with Crippen molar-refractivity contribution in [3.05, 3.63) is 48.6 Å². The van der Waals surface area contributed by atoms with Crippen LogP contribution in [0.4, 0.5) is 9.59 Å². The van der Waals surface area contributed by atoms with E-state index < -0.39 is 11.7 Å². The van der Waals surface area contributed by atoms with Crippen LogP contribution in [0, 0.1) is 0 Å². The first-order valence-corrected chi connectivity index (χ1v) is 8.38. The Kier molecular flexibility index (Phi) is 6.07. The Labute approximate surface area is 149 Å². The molecule has 0 saturated carbocycles. The van der Waals surface area contributed by atoms with Gasteiger partial charge in [0.05, 0.1) is 6.04 Å². The van der Waals surface area contributed by atoms with E-state index in [4.69, 9.17) is 9.47 Å². The summed E-state index contributed by atoms with van der Waals surface area (Å²) in [6, 6.07) is 9.22. The van der Waals surface area contributed by atoms with Crippen LogP contribution in [0.15, 0.2) is 43.0 Å². The molecular weight excluding hydrogens is 320 g/mol. The van der Waals surface area contributed by atoms with E-state index >= 15 is 0 Å². The molecule has 0 N–H and O–H groups in total. The zero-order chi connectivity index (χ0) is 18.4. The molecule has 1 aliphatic rings. The van der Waals surface area contributed by atoms with Crippen LogP contribution in [0.3, 0.4) is 0 Å². The number of carbonyl (C=O) groups excluding carboxylic acids is 2. The largest absolute Gasteiger partial charge is 0.445 e. The Hall–Kier alpha value is -2.50. The van der Waals surface area contributed by atoms with E-state index in [1.54, 1.807) is 15.9 Å². The zero-order valence-electron chi connectivity index (χ0n) is 15.1. The molecule has 0 radical (unpaired) electrons. The smallest absolute Gasteiger partial charge is 0.410 e. The van der Waals surface area contributed by atoms with Gasteiger partial charge in [0.15, 0.2) is 0 Å². The highest BCUT2D eigenvalue weighted by Gasteiger charge is 2.33. The minimum Gasteiger partial charge on any atom is -0.445 e. The molecule has 0 spiro atoms. The quantitative estimate of drug-likeness (QED) is 0.787. The predicted octanol–water partition coefficient (Wildman–Crippen LogP) is 3.43. The summed E-state index contributed by atoms with van der Waals surface area (Å²) in [4.78, 5) is 27.8. The van der Waals surface area contributed by atoms with Crippen LogP contribution >= 0.6 is 0 Å². The summed E-state index contributed by atoms with van der Waals surface area (Å²) >= 11 is 0. The van der Waals surface area contributed by atoms with Gasteiger partial charge in [-0.1, -0.05) is 36.4 Å².